The van der Waals surface area contributed by atoms with E-state index in [1.54, 1.807) is 13.8 Å². The Bertz CT molecular complexity index is 1130. The van der Waals surface area contributed by atoms with Gasteiger partial charge in [-0.1, -0.05) is 36.4 Å². The molecule has 1 aliphatic heterocycles. The number of nitrogens with zero attached hydrogens (tertiary/aromatic N) is 3. The Balaban J connectivity index is 1.28. The van der Waals surface area contributed by atoms with Gasteiger partial charge in [-0.15, -0.1) is 0 Å². The van der Waals surface area contributed by atoms with E-state index in [4.69, 9.17) is 9.72 Å². The van der Waals surface area contributed by atoms with Gasteiger partial charge >= 0.3 is 5.97 Å². The first-order valence-corrected chi connectivity index (χ1v) is 13.4. The standard InChI is InChI=1S/C30H41N3O3/c1-4-36-22-21-33-27-8-6-5-7-26(27)31-28(33)25-15-19-32(20-16-25)18-14-24-11-9-23(10-12-24)13-17-30(2,3)29(34)35/h5-12,25H,4,13-22H2,1-3H3,(H,34,35). The summed E-state index contributed by atoms with van der Waals surface area (Å²) >= 11 is 0. The van der Waals surface area contributed by atoms with E-state index in [1.165, 1.54) is 22.5 Å². The van der Waals surface area contributed by atoms with E-state index in [1.807, 2.05) is 6.92 Å². The van der Waals surface area contributed by atoms with Crippen molar-refractivity contribution in [2.75, 3.05) is 32.8 Å². The lowest BCUT2D eigenvalue weighted by Gasteiger charge is -2.32. The fourth-order valence-corrected chi connectivity index (χ4v) is 5.08. The van der Waals surface area contributed by atoms with Crippen molar-refractivity contribution in [2.45, 2.75) is 65.3 Å². The molecule has 6 heteroatoms. The Morgan fingerprint density at radius 3 is 2.36 bits per heavy atom. The second-order valence-electron chi connectivity index (χ2n) is 10.7. The molecule has 0 unspecified atom stereocenters. The molecule has 0 aliphatic carbocycles. The van der Waals surface area contributed by atoms with Crippen molar-refractivity contribution in [3.05, 3.63) is 65.5 Å². The Labute approximate surface area is 215 Å². The molecule has 4 rings (SSSR count). The zero-order chi connectivity index (χ0) is 25.5. The average Bonchev–Trinajstić information content (AvgIpc) is 3.26. The summed E-state index contributed by atoms with van der Waals surface area (Å²) in [7, 11) is 0. The predicted octanol–water partition coefficient (Wildman–Crippen LogP) is 5.54. The van der Waals surface area contributed by atoms with Crippen LogP contribution in [0, 0.1) is 5.41 Å². The molecule has 0 amide bonds. The van der Waals surface area contributed by atoms with Gasteiger partial charge < -0.3 is 19.3 Å². The van der Waals surface area contributed by atoms with Crippen molar-refractivity contribution >= 4 is 17.0 Å². The fraction of sp³-hybridized carbons (Fsp3) is 0.533. The second-order valence-corrected chi connectivity index (χ2v) is 10.7. The number of aromatic nitrogens is 2. The molecular formula is C30H41N3O3. The van der Waals surface area contributed by atoms with Gasteiger partial charge in [0.15, 0.2) is 0 Å². The van der Waals surface area contributed by atoms with Crippen LogP contribution in [0.1, 0.15) is 62.9 Å². The second kappa shape index (κ2) is 12.0. The first kappa shape index (κ1) is 26.4. The minimum Gasteiger partial charge on any atom is -0.481 e. The third kappa shape index (κ3) is 6.54. The maximum Gasteiger partial charge on any atom is 0.309 e. The lowest BCUT2D eigenvalue weighted by atomic mass is 9.86. The summed E-state index contributed by atoms with van der Waals surface area (Å²) < 4.78 is 8.03. The van der Waals surface area contributed by atoms with Crippen LogP contribution in [0.5, 0.6) is 0 Å². The topological polar surface area (TPSA) is 67.6 Å². The van der Waals surface area contributed by atoms with Crippen LogP contribution >= 0.6 is 0 Å². The average molecular weight is 492 g/mol. The smallest absolute Gasteiger partial charge is 0.309 e. The normalized spacial score (nSPS) is 15.5. The first-order chi connectivity index (χ1) is 17.4. The number of fused-ring (bicyclic) bond motifs is 1. The Hall–Kier alpha value is -2.70. The third-order valence-corrected chi connectivity index (χ3v) is 7.66. The number of hydrogen-bond acceptors (Lipinski definition) is 4. The van der Waals surface area contributed by atoms with E-state index in [2.05, 4.69) is 58.0 Å². The number of carboxylic acid groups (broad SMARTS) is 1. The van der Waals surface area contributed by atoms with Crippen LogP contribution in [0.15, 0.2) is 48.5 Å². The van der Waals surface area contributed by atoms with Gasteiger partial charge in [-0.25, -0.2) is 4.98 Å². The van der Waals surface area contributed by atoms with Crippen LogP contribution < -0.4 is 0 Å². The van der Waals surface area contributed by atoms with E-state index in [9.17, 15) is 9.90 Å². The lowest BCUT2D eigenvalue weighted by Crippen LogP contribution is -2.35. The Kier molecular flexibility index (Phi) is 8.81. The number of aryl methyl sites for hydroxylation is 1. The highest BCUT2D eigenvalue weighted by atomic mass is 16.5. The molecule has 2 heterocycles. The Morgan fingerprint density at radius 2 is 1.69 bits per heavy atom. The molecule has 1 aromatic heterocycles. The van der Waals surface area contributed by atoms with Gasteiger partial charge in [0.05, 0.1) is 23.1 Å². The molecule has 194 valence electrons. The van der Waals surface area contributed by atoms with E-state index < -0.39 is 11.4 Å². The molecule has 1 aliphatic rings. The van der Waals surface area contributed by atoms with Crippen LogP contribution in [-0.2, 0) is 28.9 Å². The quantitative estimate of drug-likeness (QED) is 0.337. The monoisotopic (exact) mass is 491 g/mol. The zero-order valence-corrected chi connectivity index (χ0v) is 22.1. The molecule has 0 spiro atoms. The molecule has 0 bridgehead atoms. The van der Waals surface area contributed by atoms with Gasteiger partial charge in [-0.05, 0) is 89.2 Å². The molecule has 3 aromatic rings. The number of imidazole rings is 1. The van der Waals surface area contributed by atoms with Gasteiger partial charge in [0.2, 0.25) is 0 Å². The van der Waals surface area contributed by atoms with E-state index in [0.29, 0.717) is 12.3 Å². The van der Waals surface area contributed by atoms with Crippen molar-refractivity contribution in [3.8, 4) is 0 Å². The highest BCUT2D eigenvalue weighted by Crippen LogP contribution is 2.30. The highest BCUT2D eigenvalue weighted by molar-refractivity contribution is 5.76. The number of piperidine rings is 1. The van der Waals surface area contributed by atoms with Crippen molar-refractivity contribution in [1.29, 1.82) is 0 Å². The zero-order valence-electron chi connectivity index (χ0n) is 22.1. The van der Waals surface area contributed by atoms with Crippen molar-refractivity contribution in [1.82, 2.24) is 14.5 Å². The summed E-state index contributed by atoms with van der Waals surface area (Å²) in [5.41, 5.74) is 4.17. The number of aliphatic carboxylic acids is 1. The molecule has 0 radical (unpaired) electrons. The van der Waals surface area contributed by atoms with Crippen molar-refractivity contribution < 1.29 is 14.6 Å². The fourth-order valence-electron chi connectivity index (χ4n) is 5.08. The SMILES string of the molecule is CCOCCn1c(C2CCN(CCc3ccc(CCC(C)(C)C(=O)O)cc3)CC2)nc2ccccc21. The molecule has 1 N–H and O–H groups in total. The molecule has 36 heavy (non-hydrogen) atoms. The van der Waals surface area contributed by atoms with Crippen LogP contribution in [0.25, 0.3) is 11.0 Å². The maximum absolute atomic E-state index is 11.3. The highest BCUT2D eigenvalue weighted by Gasteiger charge is 2.27. The minimum absolute atomic E-state index is 0.490. The Morgan fingerprint density at radius 1 is 1.03 bits per heavy atom. The van der Waals surface area contributed by atoms with Gasteiger partial charge in [0.1, 0.15) is 5.82 Å². The van der Waals surface area contributed by atoms with E-state index in [0.717, 1.165) is 70.6 Å². The molecule has 2 aromatic carbocycles. The minimum atomic E-state index is -0.731. The number of rotatable bonds is 12. The van der Waals surface area contributed by atoms with Crippen molar-refractivity contribution in [3.63, 3.8) is 0 Å². The van der Waals surface area contributed by atoms with E-state index >= 15 is 0 Å². The summed E-state index contributed by atoms with van der Waals surface area (Å²) in [6.45, 7) is 11.2. The van der Waals surface area contributed by atoms with E-state index in [-0.39, 0.29) is 0 Å². The maximum atomic E-state index is 11.3. The summed E-state index contributed by atoms with van der Waals surface area (Å²) in [6.07, 6.45) is 4.75. The predicted molar refractivity (Wildman–Crippen MR) is 145 cm³/mol. The number of benzene rings is 2. The summed E-state index contributed by atoms with van der Waals surface area (Å²) in [5.74, 6) is 0.979. The van der Waals surface area contributed by atoms with Crippen molar-refractivity contribution in [2.24, 2.45) is 5.41 Å². The van der Waals surface area contributed by atoms with Gasteiger partial charge in [-0.3, -0.25) is 4.79 Å². The largest absolute Gasteiger partial charge is 0.481 e. The molecule has 1 saturated heterocycles. The molecule has 0 saturated carbocycles. The molecule has 6 nitrogen and oxygen atoms in total. The van der Waals surface area contributed by atoms with Crippen LogP contribution in [0.4, 0.5) is 0 Å². The summed E-state index contributed by atoms with van der Waals surface area (Å²) in [6, 6.07) is 17.2. The van der Waals surface area contributed by atoms with Gasteiger partial charge in [0, 0.05) is 25.6 Å². The van der Waals surface area contributed by atoms with Crippen LogP contribution in [0.3, 0.4) is 0 Å². The summed E-state index contributed by atoms with van der Waals surface area (Å²) in [5, 5.41) is 9.31. The van der Waals surface area contributed by atoms with Crippen LogP contribution in [-0.4, -0.2) is 58.4 Å². The number of para-hydroxylation sites is 2. The van der Waals surface area contributed by atoms with Gasteiger partial charge in [-0.2, -0.15) is 0 Å². The van der Waals surface area contributed by atoms with Gasteiger partial charge in [0.25, 0.3) is 0 Å². The van der Waals surface area contributed by atoms with Crippen LogP contribution in [0.2, 0.25) is 0 Å². The number of carbonyl (C=O) groups is 1. The summed E-state index contributed by atoms with van der Waals surface area (Å²) in [4.78, 5) is 18.9. The molecule has 0 atom stereocenters. The third-order valence-electron chi connectivity index (χ3n) is 7.66. The lowest BCUT2D eigenvalue weighted by molar-refractivity contribution is -0.147. The molecular weight excluding hydrogens is 450 g/mol. The number of hydrogen-bond donors (Lipinski definition) is 1. The first-order valence-electron chi connectivity index (χ1n) is 13.4. The number of ether oxygens (including phenoxy) is 1. The number of carboxylic acids is 1. The molecule has 1 fully saturated rings. The number of likely N-dealkylation sites (tertiary alicyclic amines) is 1.